The molecule has 5 nitrogen and oxygen atoms in total. The molecule has 2 aromatic rings. The maximum atomic E-state index is 10.7. The second-order valence-corrected chi connectivity index (χ2v) is 4.51. The number of hydrogen-bond acceptors (Lipinski definition) is 3. The molecule has 0 spiro atoms. The number of aromatic carboxylic acids is 1. The van der Waals surface area contributed by atoms with E-state index in [1.54, 1.807) is 12.1 Å². The van der Waals surface area contributed by atoms with Gasteiger partial charge in [0.1, 0.15) is 0 Å². The van der Waals surface area contributed by atoms with Crippen molar-refractivity contribution in [2.75, 3.05) is 0 Å². The third-order valence-electron chi connectivity index (χ3n) is 2.94. The minimum atomic E-state index is -0.898. The van der Waals surface area contributed by atoms with E-state index in [9.17, 15) is 4.79 Å². The van der Waals surface area contributed by atoms with Gasteiger partial charge in [0.2, 0.25) is 0 Å². The van der Waals surface area contributed by atoms with Crippen molar-refractivity contribution in [2.24, 2.45) is 7.05 Å². The summed E-state index contributed by atoms with van der Waals surface area (Å²) in [6, 6.07) is 8.93. The van der Waals surface area contributed by atoms with E-state index in [1.807, 2.05) is 36.9 Å². The molecule has 0 fully saturated rings. The molecule has 0 aliphatic heterocycles. The molecule has 1 aromatic heterocycles. The highest BCUT2D eigenvalue weighted by atomic mass is 16.4. The highest BCUT2D eigenvalue weighted by molar-refractivity contribution is 5.87. The molecule has 2 N–H and O–H groups in total. The lowest BCUT2D eigenvalue weighted by molar-refractivity contribution is 0.0697. The molecule has 19 heavy (non-hydrogen) atoms. The number of carboxylic acid groups (broad SMARTS) is 1. The molecule has 2 rings (SSSR count). The molecule has 1 heterocycles. The van der Waals surface area contributed by atoms with Crippen molar-refractivity contribution in [1.29, 1.82) is 0 Å². The van der Waals surface area contributed by atoms with Crippen molar-refractivity contribution in [3.05, 3.63) is 52.8 Å². The van der Waals surface area contributed by atoms with Crippen LogP contribution in [0.4, 0.5) is 0 Å². The number of aryl methyl sites for hydroxylation is 2. The number of hydrogen-bond donors (Lipinski definition) is 2. The number of rotatable bonds is 5. The molecule has 1 aromatic carbocycles. The second-order valence-electron chi connectivity index (χ2n) is 4.51. The van der Waals surface area contributed by atoms with E-state index in [0.717, 1.165) is 23.5 Å². The highest BCUT2D eigenvalue weighted by Crippen LogP contribution is 2.05. The lowest BCUT2D eigenvalue weighted by Crippen LogP contribution is -2.15. The first-order chi connectivity index (χ1) is 9.06. The van der Waals surface area contributed by atoms with Crippen molar-refractivity contribution in [2.45, 2.75) is 20.0 Å². The maximum Gasteiger partial charge on any atom is 0.335 e. The minimum absolute atomic E-state index is 0.311. The monoisotopic (exact) mass is 259 g/mol. The van der Waals surface area contributed by atoms with Gasteiger partial charge in [0.15, 0.2) is 0 Å². The molecule has 0 atom stereocenters. The van der Waals surface area contributed by atoms with Crippen LogP contribution in [0.5, 0.6) is 0 Å². The van der Waals surface area contributed by atoms with Gasteiger partial charge < -0.3 is 10.4 Å². The average Bonchev–Trinajstić information content (AvgIpc) is 2.68. The Labute approximate surface area is 111 Å². The Kier molecular flexibility index (Phi) is 3.97. The van der Waals surface area contributed by atoms with Gasteiger partial charge in [-0.05, 0) is 30.7 Å². The maximum absolute atomic E-state index is 10.7. The van der Waals surface area contributed by atoms with Crippen LogP contribution in [0.15, 0.2) is 30.3 Å². The predicted molar refractivity (Wildman–Crippen MR) is 71.9 cm³/mol. The zero-order valence-corrected chi connectivity index (χ0v) is 11.1. The fourth-order valence-electron chi connectivity index (χ4n) is 1.93. The molecule has 0 aliphatic carbocycles. The van der Waals surface area contributed by atoms with Crippen LogP contribution >= 0.6 is 0 Å². The standard InChI is InChI=1S/C14H17N3O2/c1-10-7-13(17(2)16-10)9-15-8-11-3-5-12(6-4-11)14(18)19/h3-7,15H,8-9H2,1-2H3,(H,18,19). The quantitative estimate of drug-likeness (QED) is 0.858. The molecule has 100 valence electrons. The summed E-state index contributed by atoms with van der Waals surface area (Å²) >= 11 is 0. The van der Waals surface area contributed by atoms with Gasteiger partial charge in [-0.3, -0.25) is 4.68 Å². The first kappa shape index (κ1) is 13.3. The number of benzene rings is 1. The lowest BCUT2D eigenvalue weighted by Gasteiger charge is -2.05. The summed E-state index contributed by atoms with van der Waals surface area (Å²) in [6.07, 6.45) is 0. The van der Waals surface area contributed by atoms with Gasteiger partial charge in [-0.1, -0.05) is 12.1 Å². The predicted octanol–water partition coefficient (Wildman–Crippen LogP) is 1.72. The first-order valence-electron chi connectivity index (χ1n) is 6.09. The van der Waals surface area contributed by atoms with Crippen LogP contribution in [0.2, 0.25) is 0 Å². The van der Waals surface area contributed by atoms with Gasteiger partial charge in [0.25, 0.3) is 0 Å². The number of nitrogens with zero attached hydrogens (tertiary/aromatic N) is 2. The lowest BCUT2D eigenvalue weighted by atomic mass is 10.1. The molecular weight excluding hydrogens is 242 g/mol. The van der Waals surface area contributed by atoms with Crippen molar-refractivity contribution >= 4 is 5.97 Å². The van der Waals surface area contributed by atoms with Gasteiger partial charge in [-0.15, -0.1) is 0 Å². The smallest absolute Gasteiger partial charge is 0.335 e. The zero-order valence-electron chi connectivity index (χ0n) is 11.1. The van der Waals surface area contributed by atoms with E-state index in [0.29, 0.717) is 12.1 Å². The molecule has 0 bridgehead atoms. The van der Waals surface area contributed by atoms with Crippen LogP contribution < -0.4 is 5.32 Å². The number of nitrogens with one attached hydrogen (secondary N) is 1. The number of aromatic nitrogens is 2. The molecule has 0 saturated heterocycles. The second kappa shape index (κ2) is 5.67. The molecule has 0 aliphatic rings. The van der Waals surface area contributed by atoms with E-state index < -0.39 is 5.97 Å². The SMILES string of the molecule is Cc1cc(CNCc2ccc(C(=O)O)cc2)n(C)n1. The van der Waals surface area contributed by atoms with Crippen LogP contribution in [0.25, 0.3) is 0 Å². The van der Waals surface area contributed by atoms with Crippen LogP contribution in [0.3, 0.4) is 0 Å². The third-order valence-corrected chi connectivity index (χ3v) is 2.94. The molecule has 0 amide bonds. The number of carbonyl (C=O) groups is 1. The summed E-state index contributed by atoms with van der Waals surface area (Å²) in [5.41, 5.74) is 3.50. The largest absolute Gasteiger partial charge is 0.478 e. The Balaban J connectivity index is 1.89. The summed E-state index contributed by atoms with van der Waals surface area (Å²) in [4.78, 5) is 10.7. The number of carboxylic acids is 1. The van der Waals surface area contributed by atoms with Gasteiger partial charge in [-0.25, -0.2) is 4.79 Å². The first-order valence-corrected chi connectivity index (χ1v) is 6.09. The van der Waals surface area contributed by atoms with Gasteiger partial charge in [0.05, 0.1) is 17.0 Å². The highest BCUT2D eigenvalue weighted by Gasteiger charge is 2.03. The molecule has 5 heteroatoms. The summed E-state index contributed by atoms with van der Waals surface area (Å²) in [5, 5.41) is 16.4. The van der Waals surface area contributed by atoms with Crippen molar-refractivity contribution in [1.82, 2.24) is 15.1 Å². The van der Waals surface area contributed by atoms with Crippen LogP contribution in [0, 0.1) is 6.92 Å². The summed E-state index contributed by atoms with van der Waals surface area (Å²) in [5.74, 6) is -0.898. The van der Waals surface area contributed by atoms with Gasteiger partial charge in [-0.2, -0.15) is 5.10 Å². The van der Waals surface area contributed by atoms with E-state index in [1.165, 1.54) is 0 Å². The Morgan fingerprint density at radius 1 is 1.32 bits per heavy atom. The van der Waals surface area contributed by atoms with Crippen LogP contribution in [-0.4, -0.2) is 20.9 Å². The minimum Gasteiger partial charge on any atom is -0.478 e. The Morgan fingerprint density at radius 2 is 2.00 bits per heavy atom. The average molecular weight is 259 g/mol. The van der Waals surface area contributed by atoms with E-state index in [2.05, 4.69) is 10.4 Å². The van der Waals surface area contributed by atoms with Crippen molar-refractivity contribution < 1.29 is 9.90 Å². The normalized spacial score (nSPS) is 10.6. The van der Waals surface area contributed by atoms with Crippen molar-refractivity contribution in [3.8, 4) is 0 Å². The molecule has 0 saturated carbocycles. The van der Waals surface area contributed by atoms with Crippen LogP contribution in [0.1, 0.15) is 27.3 Å². The molecular formula is C14H17N3O2. The summed E-state index contributed by atoms with van der Waals surface area (Å²) in [7, 11) is 1.92. The Hall–Kier alpha value is -2.14. The third kappa shape index (κ3) is 3.42. The summed E-state index contributed by atoms with van der Waals surface area (Å²) < 4.78 is 1.86. The van der Waals surface area contributed by atoms with Gasteiger partial charge in [0, 0.05) is 20.1 Å². The van der Waals surface area contributed by atoms with Crippen LogP contribution in [-0.2, 0) is 20.1 Å². The van der Waals surface area contributed by atoms with E-state index in [-0.39, 0.29) is 0 Å². The van der Waals surface area contributed by atoms with E-state index in [4.69, 9.17) is 5.11 Å². The van der Waals surface area contributed by atoms with Gasteiger partial charge >= 0.3 is 5.97 Å². The summed E-state index contributed by atoms with van der Waals surface area (Å²) in [6.45, 7) is 3.40. The topological polar surface area (TPSA) is 67.2 Å². The fraction of sp³-hybridized carbons (Fsp3) is 0.286. The molecule has 0 radical (unpaired) electrons. The Morgan fingerprint density at radius 3 is 2.53 bits per heavy atom. The molecule has 0 unspecified atom stereocenters. The Bertz CT molecular complexity index is 573. The van der Waals surface area contributed by atoms with E-state index >= 15 is 0 Å². The fourth-order valence-corrected chi connectivity index (χ4v) is 1.93. The van der Waals surface area contributed by atoms with Crippen molar-refractivity contribution in [3.63, 3.8) is 0 Å². The zero-order chi connectivity index (χ0) is 13.8.